The van der Waals surface area contributed by atoms with Gasteiger partial charge in [-0.1, -0.05) is 24.6 Å². The lowest BCUT2D eigenvalue weighted by Gasteiger charge is -2.12. The summed E-state index contributed by atoms with van der Waals surface area (Å²) >= 11 is 0. The molecule has 0 atom stereocenters. The van der Waals surface area contributed by atoms with E-state index in [0.29, 0.717) is 0 Å². The number of aromatic nitrogens is 1. The van der Waals surface area contributed by atoms with Crippen molar-refractivity contribution in [1.82, 2.24) is 0 Å². The van der Waals surface area contributed by atoms with Crippen molar-refractivity contribution < 1.29 is 14.0 Å². The Morgan fingerprint density at radius 1 is 1.06 bits per heavy atom. The maximum Gasteiger partial charge on any atom is 0.156 e. The average molecular weight is 223 g/mol. The number of pyridine rings is 1. The molecule has 0 fully saturated rings. The molecule has 0 amide bonds. The van der Waals surface area contributed by atoms with Gasteiger partial charge in [0.25, 0.3) is 0 Å². The van der Waals surface area contributed by atoms with E-state index in [1.165, 1.54) is 0 Å². The fourth-order valence-electron chi connectivity index (χ4n) is 1.56. The molecule has 0 aromatic carbocycles. The Bertz CT molecular complexity index is 260. The van der Waals surface area contributed by atoms with Crippen molar-refractivity contribution in [2.45, 2.75) is 32.0 Å². The van der Waals surface area contributed by atoms with E-state index in [4.69, 9.17) is 9.47 Å². The minimum atomic E-state index is -0.0515. The topological polar surface area (TPSA) is 22.3 Å². The molecule has 0 unspecified atom stereocenters. The van der Waals surface area contributed by atoms with Gasteiger partial charge in [-0.15, -0.1) is 0 Å². The van der Waals surface area contributed by atoms with Crippen LogP contribution in [0.2, 0.25) is 0 Å². The first-order chi connectivity index (χ1) is 7.86. The fourth-order valence-corrected chi connectivity index (χ4v) is 1.56. The molecule has 3 nitrogen and oxygen atoms in total. The Labute approximate surface area is 98.0 Å². The fraction of sp³-hybridized carbons (Fsp3) is 0.538. The number of hydrogen-bond acceptors (Lipinski definition) is 2. The number of methoxy groups -OCH3 is 2. The number of hydrogen-bond donors (Lipinski definition) is 0. The quantitative estimate of drug-likeness (QED) is 0.292. The zero-order valence-corrected chi connectivity index (χ0v) is 10.1. The molecule has 0 saturated heterocycles. The van der Waals surface area contributed by atoms with Crippen molar-refractivity contribution in [3.05, 3.63) is 37.1 Å². The van der Waals surface area contributed by atoms with Gasteiger partial charge in [0.15, 0.2) is 6.29 Å². The van der Waals surface area contributed by atoms with Crippen LogP contribution in [0.5, 0.6) is 0 Å². The maximum absolute atomic E-state index is 5.13. The van der Waals surface area contributed by atoms with Gasteiger partial charge in [0.2, 0.25) is 0 Å². The molecule has 0 bridgehead atoms. The summed E-state index contributed by atoms with van der Waals surface area (Å²) in [6.07, 6.45) is 8.36. The highest BCUT2D eigenvalue weighted by Gasteiger charge is 2.03. The lowest BCUT2D eigenvalue weighted by molar-refractivity contribution is -0.634. The van der Waals surface area contributed by atoms with Crippen molar-refractivity contribution in [2.24, 2.45) is 0 Å². The maximum atomic E-state index is 5.13. The minimum Gasteiger partial charge on any atom is -0.356 e. The molecule has 0 saturated carbocycles. The van der Waals surface area contributed by atoms with Crippen LogP contribution in [0.3, 0.4) is 0 Å². The van der Waals surface area contributed by atoms with Crippen LogP contribution in [0, 0.1) is 6.54 Å². The van der Waals surface area contributed by atoms with E-state index in [-0.39, 0.29) is 6.29 Å². The van der Waals surface area contributed by atoms with Crippen LogP contribution in [0.4, 0.5) is 0 Å². The molecule has 0 aliphatic heterocycles. The van der Waals surface area contributed by atoms with Crippen molar-refractivity contribution in [2.75, 3.05) is 14.2 Å². The van der Waals surface area contributed by atoms with E-state index in [0.717, 1.165) is 25.7 Å². The van der Waals surface area contributed by atoms with Crippen LogP contribution < -0.4 is 4.57 Å². The third-order valence-electron chi connectivity index (χ3n) is 2.50. The monoisotopic (exact) mass is 223 g/mol. The van der Waals surface area contributed by atoms with E-state index < -0.39 is 0 Å². The summed E-state index contributed by atoms with van der Waals surface area (Å²) < 4.78 is 12.3. The van der Waals surface area contributed by atoms with Gasteiger partial charge in [0.05, 0.1) is 12.4 Å². The second kappa shape index (κ2) is 8.13. The smallest absolute Gasteiger partial charge is 0.156 e. The average Bonchev–Trinajstić information content (AvgIpc) is 2.35. The molecular weight excluding hydrogens is 202 g/mol. The molecule has 0 aliphatic rings. The zero-order chi connectivity index (χ0) is 11.6. The molecule has 90 valence electrons. The van der Waals surface area contributed by atoms with Gasteiger partial charge in [-0.3, -0.25) is 0 Å². The van der Waals surface area contributed by atoms with Crippen molar-refractivity contribution in [3.63, 3.8) is 0 Å². The predicted molar refractivity (Wildman–Crippen MR) is 62.6 cm³/mol. The van der Waals surface area contributed by atoms with Crippen molar-refractivity contribution >= 4 is 0 Å². The number of ether oxygens (including phenoxy) is 2. The van der Waals surface area contributed by atoms with Crippen molar-refractivity contribution in [3.8, 4) is 0 Å². The molecular formula is C13H21NO2. The molecule has 1 aromatic rings. The highest BCUT2D eigenvalue weighted by atomic mass is 16.7. The molecule has 0 spiro atoms. The third kappa shape index (κ3) is 5.14. The second-order valence-corrected chi connectivity index (χ2v) is 3.69. The Morgan fingerprint density at radius 3 is 2.38 bits per heavy atom. The van der Waals surface area contributed by atoms with Gasteiger partial charge >= 0.3 is 0 Å². The summed E-state index contributed by atoms with van der Waals surface area (Å²) in [4.78, 5) is 0. The Balaban J connectivity index is 2.04. The Morgan fingerprint density at radius 2 is 1.75 bits per heavy atom. The van der Waals surface area contributed by atoms with Crippen LogP contribution in [0.15, 0.2) is 30.6 Å². The van der Waals surface area contributed by atoms with E-state index in [9.17, 15) is 0 Å². The third-order valence-corrected chi connectivity index (χ3v) is 2.50. The van der Waals surface area contributed by atoms with Crippen LogP contribution in [0.25, 0.3) is 0 Å². The molecule has 0 radical (unpaired) electrons. The summed E-state index contributed by atoms with van der Waals surface area (Å²) in [7, 11) is 3.36. The van der Waals surface area contributed by atoms with E-state index in [1.54, 1.807) is 14.2 Å². The first kappa shape index (κ1) is 13.0. The number of unbranched alkanes of at least 4 members (excludes halogenated alkanes) is 2. The first-order valence-electron chi connectivity index (χ1n) is 5.71. The summed E-state index contributed by atoms with van der Waals surface area (Å²) in [5.74, 6) is 0. The lowest BCUT2D eigenvalue weighted by Crippen LogP contribution is -2.29. The lowest BCUT2D eigenvalue weighted by atomic mass is 10.2. The van der Waals surface area contributed by atoms with Crippen LogP contribution in [0.1, 0.15) is 25.7 Å². The molecule has 3 heteroatoms. The van der Waals surface area contributed by atoms with Gasteiger partial charge in [-0.05, 0) is 19.3 Å². The van der Waals surface area contributed by atoms with Gasteiger partial charge in [0, 0.05) is 20.8 Å². The van der Waals surface area contributed by atoms with Crippen LogP contribution >= 0.6 is 0 Å². The summed E-state index contributed by atoms with van der Waals surface area (Å²) in [6.45, 7) is 2.19. The number of nitrogens with zero attached hydrogens (tertiary/aromatic N) is 1. The Kier molecular flexibility index (Phi) is 6.61. The van der Waals surface area contributed by atoms with E-state index in [2.05, 4.69) is 11.1 Å². The van der Waals surface area contributed by atoms with Gasteiger partial charge in [0.1, 0.15) is 0 Å². The summed E-state index contributed by atoms with van der Waals surface area (Å²) in [5, 5.41) is 0. The van der Waals surface area contributed by atoms with Crippen molar-refractivity contribution in [1.29, 1.82) is 0 Å². The standard InChI is InChI=1S/C13H21NO2/c1-15-13(16-2)9-5-3-6-10-14-11-7-4-8-12-14/h4,7-8,10-13H,3,5-6,9H2,1-2H3. The molecule has 0 N–H and O–H groups in total. The highest BCUT2D eigenvalue weighted by Crippen LogP contribution is 2.06. The first-order valence-corrected chi connectivity index (χ1v) is 5.71. The van der Waals surface area contributed by atoms with Crippen LogP contribution in [-0.4, -0.2) is 20.5 Å². The molecule has 1 rings (SSSR count). The minimum absolute atomic E-state index is 0.0515. The molecule has 1 aromatic heterocycles. The summed E-state index contributed by atoms with van der Waals surface area (Å²) in [5.41, 5.74) is 0. The second-order valence-electron chi connectivity index (χ2n) is 3.69. The van der Waals surface area contributed by atoms with Gasteiger partial charge < -0.3 is 14.0 Å². The van der Waals surface area contributed by atoms with E-state index >= 15 is 0 Å². The normalized spacial score (nSPS) is 10.7. The highest BCUT2D eigenvalue weighted by molar-refractivity contribution is 4.84. The van der Waals surface area contributed by atoms with Gasteiger partial charge in [-0.2, -0.15) is 0 Å². The largest absolute Gasteiger partial charge is 0.356 e. The molecule has 16 heavy (non-hydrogen) atoms. The molecule has 0 aliphatic carbocycles. The van der Waals surface area contributed by atoms with Crippen LogP contribution in [-0.2, 0) is 9.47 Å². The van der Waals surface area contributed by atoms with Gasteiger partial charge in [-0.25, -0.2) is 0 Å². The Hall–Kier alpha value is -1.06. The molecule has 1 heterocycles. The SMILES string of the molecule is COC(CCCC[CH-][n+]1ccccc1)OC. The number of rotatable bonds is 8. The summed E-state index contributed by atoms with van der Waals surface area (Å²) in [6, 6.07) is 6.08. The van der Waals surface area contributed by atoms with E-state index in [1.807, 2.05) is 30.6 Å². The zero-order valence-electron chi connectivity index (χ0n) is 10.1. The predicted octanol–water partition coefficient (Wildman–Crippen LogP) is 2.16.